The summed E-state index contributed by atoms with van der Waals surface area (Å²) in [7, 11) is 1.59. The van der Waals surface area contributed by atoms with Crippen molar-refractivity contribution in [1.82, 2.24) is 19.1 Å². The van der Waals surface area contributed by atoms with E-state index in [1.807, 2.05) is 0 Å². The van der Waals surface area contributed by atoms with Crippen molar-refractivity contribution in [1.29, 1.82) is 0 Å². The maximum absolute atomic E-state index is 13.6. The van der Waals surface area contributed by atoms with E-state index in [0.717, 1.165) is 4.47 Å². The molecule has 33 heavy (non-hydrogen) atoms. The number of aromatic nitrogens is 3. The molecule has 10 heteroatoms. The first-order valence-electron chi connectivity index (χ1n) is 10.2. The van der Waals surface area contributed by atoms with E-state index < -0.39 is 0 Å². The minimum atomic E-state index is -0.173. The quantitative estimate of drug-likeness (QED) is 0.438. The van der Waals surface area contributed by atoms with Crippen LogP contribution in [0.1, 0.15) is 21.6 Å². The average molecular weight is 529 g/mol. The Balaban J connectivity index is 1.60. The number of amides is 1. The molecule has 2 N–H and O–H groups in total. The molecule has 1 aliphatic rings. The Morgan fingerprint density at radius 2 is 1.97 bits per heavy atom. The second kappa shape index (κ2) is 8.24. The minimum Gasteiger partial charge on any atom is -0.497 e. The van der Waals surface area contributed by atoms with Crippen molar-refractivity contribution in [2.45, 2.75) is 13.0 Å². The lowest BCUT2D eigenvalue weighted by molar-refractivity contribution is 0.0730. The normalized spacial score (nSPS) is 13.2. The molecule has 0 fully saturated rings. The van der Waals surface area contributed by atoms with Crippen LogP contribution in [0.5, 0.6) is 5.75 Å². The van der Waals surface area contributed by atoms with Gasteiger partial charge in [-0.1, -0.05) is 11.6 Å². The third-order valence-electron chi connectivity index (χ3n) is 5.80. The molecule has 0 atom stereocenters. The summed E-state index contributed by atoms with van der Waals surface area (Å²) in [5, 5.41) is 4.89. The zero-order valence-electron chi connectivity index (χ0n) is 17.6. The lowest BCUT2D eigenvalue weighted by Crippen LogP contribution is -2.41. The molecule has 8 nitrogen and oxygen atoms in total. The molecule has 1 amide bonds. The Morgan fingerprint density at radius 1 is 1.21 bits per heavy atom. The van der Waals surface area contributed by atoms with Gasteiger partial charge in [0.05, 0.1) is 41.9 Å². The molecule has 0 aliphatic carbocycles. The predicted molar refractivity (Wildman–Crippen MR) is 129 cm³/mol. The van der Waals surface area contributed by atoms with E-state index in [2.05, 4.69) is 21.0 Å². The first kappa shape index (κ1) is 21.5. The molecule has 3 heterocycles. The van der Waals surface area contributed by atoms with Gasteiger partial charge in [-0.2, -0.15) is 5.10 Å². The van der Waals surface area contributed by atoms with Crippen molar-refractivity contribution >= 4 is 44.8 Å². The maximum Gasteiger partial charge on any atom is 0.261 e. The Labute approximate surface area is 202 Å². The molecular weight excluding hydrogens is 510 g/mol. The molecule has 4 aromatic rings. The smallest absolute Gasteiger partial charge is 0.261 e. The lowest BCUT2D eigenvalue weighted by atomic mass is 10.0. The molecule has 0 saturated heterocycles. The van der Waals surface area contributed by atoms with E-state index >= 15 is 0 Å². The zero-order chi connectivity index (χ0) is 23.3. The standard InChI is InChI=1S/C23H19BrClN5O3/c1-33-15-5-3-14(4-6-15)29-21-19(26)11-27-30(21)20-12-28(9-8-16(20)23(29)32)22(31)13-2-7-17(24)18(25)10-13/h2-7,10-11H,8-9,12,26H2,1H3. The summed E-state index contributed by atoms with van der Waals surface area (Å²) in [5.74, 6) is 0.520. The molecule has 0 unspecified atom stereocenters. The second-order valence-electron chi connectivity index (χ2n) is 7.70. The summed E-state index contributed by atoms with van der Waals surface area (Å²) in [6, 6.07) is 12.3. The van der Waals surface area contributed by atoms with Gasteiger partial charge in [-0.3, -0.25) is 14.2 Å². The van der Waals surface area contributed by atoms with Crippen LogP contribution in [0.4, 0.5) is 5.69 Å². The van der Waals surface area contributed by atoms with Gasteiger partial charge < -0.3 is 15.4 Å². The number of hydrogen-bond donors (Lipinski definition) is 1. The van der Waals surface area contributed by atoms with Gasteiger partial charge in [0.25, 0.3) is 11.5 Å². The maximum atomic E-state index is 13.6. The molecule has 168 valence electrons. The second-order valence-corrected chi connectivity index (χ2v) is 8.97. The van der Waals surface area contributed by atoms with Gasteiger partial charge in [0.1, 0.15) is 5.75 Å². The molecular formula is C23H19BrClN5O3. The van der Waals surface area contributed by atoms with E-state index in [1.165, 1.54) is 6.20 Å². The number of nitrogen functional groups attached to an aromatic ring is 1. The molecule has 0 radical (unpaired) electrons. The fraction of sp³-hybridized carbons (Fsp3) is 0.174. The highest BCUT2D eigenvalue weighted by Crippen LogP contribution is 2.27. The number of rotatable bonds is 3. The highest BCUT2D eigenvalue weighted by Gasteiger charge is 2.29. The van der Waals surface area contributed by atoms with E-state index in [1.54, 1.807) is 63.6 Å². The van der Waals surface area contributed by atoms with Crippen LogP contribution in [-0.4, -0.2) is 38.6 Å². The van der Waals surface area contributed by atoms with Gasteiger partial charge in [-0.05, 0) is 64.8 Å². The number of fused-ring (bicyclic) bond motifs is 3. The molecule has 0 bridgehead atoms. The topological polar surface area (TPSA) is 94.9 Å². The van der Waals surface area contributed by atoms with E-state index in [0.29, 0.717) is 57.6 Å². The van der Waals surface area contributed by atoms with Crippen LogP contribution in [0.15, 0.2) is 57.9 Å². The Kier molecular flexibility index (Phi) is 5.38. The number of hydrogen-bond acceptors (Lipinski definition) is 5. The SMILES string of the molecule is COc1ccc(-n2c(=O)c3c(n4ncc(N)c24)CN(C(=O)c2ccc(Br)c(Cl)c2)CC3)cc1. The Morgan fingerprint density at radius 3 is 2.67 bits per heavy atom. The van der Waals surface area contributed by atoms with Crippen LogP contribution >= 0.6 is 27.5 Å². The molecule has 5 rings (SSSR count). The van der Waals surface area contributed by atoms with E-state index in [4.69, 9.17) is 22.1 Å². The molecule has 0 spiro atoms. The van der Waals surface area contributed by atoms with Crippen molar-refractivity contribution in [2.24, 2.45) is 0 Å². The van der Waals surface area contributed by atoms with Crippen LogP contribution in [0.25, 0.3) is 11.3 Å². The number of carbonyl (C=O) groups excluding carboxylic acids is 1. The van der Waals surface area contributed by atoms with Gasteiger partial charge >= 0.3 is 0 Å². The minimum absolute atomic E-state index is 0.164. The third-order valence-corrected chi connectivity index (χ3v) is 7.04. The first-order chi connectivity index (χ1) is 15.9. The molecule has 0 saturated carbocycles. The largest absolute Gasteiger partial charge is 0.497 e. The number of ether oxygens (including phenoxy) is 1. The van der Waals surface area contributed by atoms with Crippen LogP contribution in [0.2, 0.25) is 5.02 Å². The van der Waals surface area contributed by atoms with Crippen molar-refractivity contribution in [3.05, 3.63) is 85.3 Å². The molecule has 1 aliphatic heterocycles. The summed E-state index contributed by atoms with van der Waals surface area (Å²) in [6.45, 7) is 0.637. The summed E-state index contributed by atoms with van der Waals surface area (Å²) in [6.07, 6.45) is 1.92. The fourth-order valence-corrected chi connectivity index (χ4v) is 4.56. The van der Waals surface area contributed by atoms with Crippen LogP contribution < -0.4 is 16.0 Å². The number of methoxy groups -OCH3 is 1. The van der Waals surface area contributed by atoms with E-state index in [-0.39, 0.29) is 18.0 Å². The predicted octanol–water partition coefficient (Wildman–Crippen LogP) is 3.69. The average Bonchev–Trinajstić information content (AvgIpc) is 3.22. The summed E-state index contributed by atoms with van der Waals surface area (Å²) >= 11 is 9.52. The number of benzene rings is 2. The summed E-state index contributed by atoms with van der Waals surface area (Å²) < 4.78 is 9.17. The number of nitrogens with zero attached hydrogens (tertiary/aromatic N) is 4. The van der Waals surface area contributed by atoms with Crippen molar-refractivity contribution < 1.29 is 9.53 Å². The zero-order valence-corrected chi connectivity index (χ0v) is 19.9. The monoisotopic (exact) mass is 527 g/mol. The number of carbonyl (C=O) groups is 1. The van der Waals surface area contributed by atoms with Gasteiger partial charge in [-0.25, -0.2) is 4.52 Å². The highest BCUT2D eigenvalue weighted by atomic mass is 79.9. The Hall–Kier alpha value is -3.30. The van der Waals surface area contributed by atoms with Crippen LogP contribution in [0, 0.1) is 0 Å². The van der Waals surface area contributed by atoms with Gasteiger partial charge in [-0.15, -0.1) is 0 Å². The van der Waals surface area contributed by atoms with Gasteiger partial charge in [0.2, 0.25) is 0 Å². The van der Waals surface area contributed by atoms with Crippen LogP contribution in [0.3, 0.4) is 0 Å². The van der Waals surface area contributed by atoms with Crippen molar-refractivity contribution in [3.8, 4) is 11.4 Å². The highest BCUT2D eigenvalue weighted by molar-refractivity contribution is 9.10. The number of nitrogens with two attached hydrogens (primary N) is 1. The van der Waals surface area contributed by atoms with E-state index in [9.17, 15) is 9.59 Å². The molecule has 2 aromatic heterocycles. The fourth-order valence-electron chi connectivity index (χ4n) is 4.13. The third kappa shape index (κ3) is 3.57. The van der Waals surface area contributed by atoms with Gasteiger partial charge in [0, 0.05) is 22.1 Å². The van der Waals surface area contributed by atoms with Crippen molar-refractivity contribution in [3.63, 3.8) is 0 Å². The van der Waals surface area contributed by atoms with Gasteiger partial charge in [0.15, 0.2) is 5.65 Å². The van der Waals surface area contributed by atoms with Crippen molar-refractivity contribution in [2.75, 3.05) is 19.4 Å². The first-order valence-corrected chi connectivity index (χ1v) is 11.3. The lowest BCUT2D eigenvalue weighted by Gasteiger charge is -2.29. The number of halogens is 2. The van der Waals surface area contributed by atoms with Crippen LogP contribution in [-0.2, 0) is 13.0 Å². The number of anilines is 1. The Bertz CT molecular complexity index is 1460. The summed E-state index contributed by atoms with van der Waals surface area (Å²) in [5.41, 5.74) is 9.28. The summed E-state index contributed by atoms with van der Waals surface area (Å²) in [4.78, 5) is 28.4. The molecule has 2 aromatic carbocycles.